The highest BCUT2D eigenvalue weighted by Crippen LogP contribution is 2.39. The van der Waals surface area contributed by atoms with Crippen molar-refractivity contribution in [1.29, 1.82) is 0 Å². The summed E-state index contributed by atoms with van der Waals surface area (Å²) in [7, 11) is 0. The van der Waals surface area contributed by atoms with E-state index in [1.807, 2.05) is 19.9 Å². The van der Waals surface area contributed by atoms with Crippen LogP contribution in [-0.2, 0) is 0 Å². The molecule has 0 aliphatic heterocycles. The van der Waals surface area contributed by atoms with Gasteiger partial charge in [0, 0.05) is 22.1 Å². The molecule has 1 aromatic heterocycles. The largest absolute Gasteiger partial charge is 0.390 e. The summed E-state index contributed by atoms with van der Waals surface area (Å²) in [6, 6.07) is 5.24. The molecule has 0 amide bonds. The Morgan fingerprint density at radius 3 is 2.44 bits per heavy atom. The predicted molar refractivity (Wildman–Crippen MR) is 75.0 cm³/mol. The summed E-state index contributed by atoms with van der Waals surface area (Å²) in [5, 5.41) is 11.7. The molecule has 1 aromatic carbocycles. The van der Waals surface area contributed by atoms with Gasteiger partial charge < -0.3 is 5.73 Å². The Labute approximate surface area is 109 Å². The van der Waals surface area contributed by atoms with Gasteiger partial charge in [-0.05, 0) is 31.9 Å². The molecule has 0 atom stereocenters. The van der Waals surface area contributed by atoms with Gasteiger partial charge in [0.2, 0.25) is 0 Å². The van der Waals surface area contributed by atoms with E-state index >= 15 is 0 Å². The number of rotatable bonds is 2. The van der Waals surface area contributed by atoms with Crippen LogP contribution in [0.4, 0.5) is 10.7 Å². The predicted octanol–water partition coefficient (Wildman–Crippen LogP) is 3.83. The van der Waals surface area contributed by atoms with Crippen LogP contribution in [0.3, 0.4) is 0 Å². The highest BCUT2D eigenvalue weighted by Gasteiger charge is 2.16. The van der Waals surface area contributed by atoms with Gasteiger partial charge in [0.1, 0.15) is 0 Å². The van der Waals surface area contributed by atoms with E-state index in [2.05, 4.69) is 0 Å². The molecule has 2 N–H and O–H groups in total. The molecular weight excluding hydrogens is 248 g/mol. The van der Waals surface area contributed by atoms with Crippen molar-refractivity contribution >= 4 is 22.0 Å². The number of nitrogen functional groups attached to an aromatic ring is 1. The molecule has 2 aromatic rings. The van der Waals surface area contributed by atoms with Crippen LogP contribution in [0, 0.1) is 30.9 Å². The van der Waals surface area contributed by atoms with Crippen molar-refractivity contribution in [3.63, 3.8) is 0 Å². The lowest BCUT2D eigenvalue weighted by atomic mass is 10.0. The number of anilines is 1. The van der Waals surface area contributed by atoms with E-state index in [1.165, 1.54) is 11.3 Å². The van der Waals surface area contributed by atoms with Crippen molar-refractivity contribution in [2.45, 2.75) is 20.8 Å². The quantitative estimate of drug-likeness (QED) is 0.660. The van der Waals surface area contributed by atoms with Crippen molar-refractivity contribution < 1.29 is 4.92 Å². The standard InChI is InChI=1S/C13H14N2O2S/c1-7-4-5-10(6-11(7)15(16)17)12-8(2)9(3)18-13(12)14/h4-6H,14H2,1-3H3. The SMILES string of the molecule is Cc1ccc(-c2c(N)sc(C)c2C)cc1[N+](=O)[O-]. The third-order valence-corrected chi connectivity index (χ3v) is 4.14. The van der Waals surface area contributed by atoms with Crippen LogP contribution in [0.25, 0.3) is 11.1 Å². The van der Waals surface area contributed by atoms with Gasteiger partial charge in [-0.15, -0.1) is 11.3 Å². The molecular formula is C13H14N2O2S. The van der Waals surface area contributed by atoms with Crippen LogP contribution in [-0.4, -0.2) is 4.92 Å². The number of nitro groups is 1. The molecule has 0 spiro atoms. The second-order valence-corrected chi connectivity index (χ2v) is 5.54. The average molecular weight is 262 g/mol. The zero-order valence-corrected chi connectivity index (χ0v) is 11.3. The van der Waals surface area contributed by atoms with Gasteiger partial charge in [-0.2, -0.15) is 0 Å². The maximum Gasteiger partial charge on any atom is 0.272 e. The Morgan fingerprint density at radius 1 is 1.28 bits per heavy atom. The fourth-order valence-corrected chi connectivity index (χ4v) is 2.93. The van der Waals surface area contributed by atoms with Gasteiger partial charge in [-0.3, -0.25) is 10.1 Å². The number of hydrogen-bond acceptors (Lipinski definition) is 4. The minimum absolute atomic E-state index is 0.134. The number of nitrogens with two attached hydrogens (primary N) is 1. The summed E-state index contributed by atoms with van der Waals surface area (Å²) in [6.07, 6.45) is 0. The number of aryl methyl sites for hydroxylation is 2. The van der Waals surface area contributed by atoms with E-state index in [1.54, 1.807) is 19.1 Å². The lowest BCUT2D eigenvalue weighted by Gasteiger charge is -2.04. The van der Waals surface area contributed by atoms with Crippen LogP contribution in [0.2, 0.25) is 0 Å². The van der Waals surface area contributed by atoms with Crippen LogP contribution < -0.4 is 5.73 Å². The van der Waals surface area contributed by atoms with E-state index in [9.17, 15) is 10.1 Å². The van der Waals surface area contributed by atoms with Crippen LogP contribution >= 0.6 is 11.3 Å². The van der Waals surface area contributed by atoms with Crippen LogP contribution in [0.15, 0.2) is 18.2 Å². The molecule has 0 radical (unpaired) electrons. The molecule has 94 valence electrons. The Morgan fingerprint density at radius 2 is 1.94 bits per heavy atom. The molecule has 2 rings (SSSR count). The van der Waals surface area contributed by atoms with Crippen molar-refractivity contribution in [2.75, 3.05) is 5.73 Å². The third-order valence-electron chi connectivity index (χ3n) is 3.11. The zero-order valence-electron chi connectivity index (χ0n) is 10.5. The number of thiophene rings is 1. The molecule has 18 heavy (non-hydrogen) atoms. The third kappa shape index (κ3) is 1.97. The molecule has 0 unspecified atom stereocenters. The van der Waals surface area contributed by atoms with Gasteiger partial charge in [-0.25, -0.2) is 0 Å². The first-order valence-corrected chi connectivity index (χ1v) is 6.34. The van der Waals surface area contributed by atoms with Gasteiger partial charge in [0.05, 0.1) is 9.92 Å². The first-order chi connectivity index (χ1) is 8.41. The molecule has 5 heteroatoms. The van der Waals surface area contributed by atoms with E-state index in [0.29, 0.717) is 10.6 Å². The lowest BCUT2D eigenvalue weighted by Crippen LogP contribution is -1.93. The maximum atomic E-state index is 11.0. The van der Waals surface area contributed by atoms with E-state index < -0.39 is 0 Å². The molecule has 0 fully saturated rings. The second-order valence-electron chi connectivity index (χ2n) is 4.28. The van der Waals surface area contributed by atoms with Gasteiger partial charge >= 0.3 is 0 Å². The Balaban J connectivity index is 2.65. The first-order valence-electron chi connectivity index (χ1n) is 5.52. The summed E-state index contributed by atoms with van der Waals surface area (Å²) in [4.78, 5) is 11.7. The molecule has 0 aliphatic rings. The van der Waals surface area contributed by atoms with Gasteiger partial charge in [-0.1, -0.05) is 12.1 Å². The highest BCUT2D eigenvalue weighted by molar-refractivity contribution is 7.16. The first kappa shape index (κ1) is 12.6. The fraction of sp³-hybridized carbons (Fsp3) is 0.231. The zero-order chi connectivity index (χ0) is 13.4. The summed E-state index contributed by atoms with van der Waals surface area (Å²) in [5.74, 6) is 0. The molecule has 0 saturated carbocycles. The number of nitro benzene ring substituents is 1. The van der Waals surface area contributed by atoms with Gasteiger partial charge in [0.25, 0.3) is 5.69 Å². The molecule has 4 nitrogen and oxygen atoms in total. The Hall–Kier alpha value is -1.88. The van der Waals surface area contributed by atoms with Crippen molar-refractivity contribution in [1.82, 2.24) is 0 Å². The second kappa shape index (κ2) is 4.42. The van der Waals surface area contributed by atoms with E-state index in [4.69, 9.17) is 5.73 Å². The summed E-state index contributed by atoms with van der Waals surface area (Å²) < 4.78 is 0. The molecule has 0 saturated heterocycles. The summed E-state index contributed by atoms with van der Waals surface area (Å²) in [6.45, 7) is 5.72. The van der Waals surface area contributed by atoms with Crippen LogP contribution in [0.1, 0.15) is 16.0 Å². The number of benzene rings is 1. The maximum absolute atomic E-state index is 11.0. The molecule has 0 aliphatic carbocycles. The van der Waals surface area contributed by atoms with Crippen molar-refractivity contribution in [3.8, 4) is 11.1 Å². The monoisotopic (exact) mass is 262 g/mol. The van der Waals surface area contributed by atoms with E-state index in [0.717, 1.165) is 21.6 Å². The fourth-order valence-electron chi connectivity index (χ4n) is 1.97. The van der Waals surface area contributed by atoms with E-state index in [-0.39, 0.29) is 10.6 Å². The van der Waals surface area contributed by atoms with Crippen molar-refractivity contribution in [3.05, 3.63) is 44.3 Å². The highest BCUT2D eigenvalue weighted by atomic mass is 32.1. The Kier molecular flexibility index (Phi) is 3.09. The summed E-state index contributed by atoms with van der Waals surface area (Å²) >= 11 is 1.52. The minimum Gasteiger partial charge on any atom is -0.390 e. The topological polar surface area (TPSA) is 69.2 Å². The number of nitrogens with zero attached hydrogens (tertiary/aromatic N) is 1. The molecule has 1 heterocycles. The Bertz CT molecular complexity index is 632. The minimum atomic E-state index is -0.358. The van der Waals surface area contributed by atoms with Crippen molar-refractivity contribution in [2.24, 2.45) is 0 Å². The summed E-state index contributed by atoms with van der Waals surface area (Å²) in [5.41, 5.74) is 9.60. The number of hydrogen-bond donors (Lipinski definition) is 1. The lowest BCUT2D eigenvalue weighted by molar-refractivity contribution is -0.385. The van der Waals surface area contributed by atoms with Crippen LogP contribution in [0.5, 0.6) is 0 Å². The molecule has 0 bridgehead atoms. The van der Waals surface area contributed by atoms with Gasteiger partial charge in [0.15, 0.2) is 0 Å². The average Bonchev–Trinajstić information content (AvgIpc) is 2.54. The smallest absolute Gasteiger partial charge is 0.272 e. The normalized spacial score (nSPS) is 10.6.